The lowest BCUT2D eigenvalue weighted by Crippen LogP contribution is -2.09. The summed E-state index contributed by atoms with van der Waals surface area (Å²) in [5.41, 5.74) is 9.07. The van der Waals surface area contributed by atoms with Gasteiger partial charge in [-0.05, 0) is 41.5 Å². The molecule has 0 atom stereocenters. The number of nitrogens with two attached hydrogens (primary N) is 1. The highest BCUT2D eigenvalue weighted by Gasteiger charge is 2.13. The van der Waals surface area contributed by atoms with Crippen molar-refractivity contribution in [1.29, 1.82) is 0 Å². The summed E-state index contributed by atoms with van der Waals surface area (Å²) in [6.45, 7) is 0. The molecule has 0 heterocycles. The minimum Gasteiger partial charge on any atom is -0.493 e. The SMILES string of the molecule is COc1cc(SCc2ccc(C=CC(=O)Nc3ccccc3N)cc2)cc(OC)c1OC. The zero-order valence-corrected chi connectivity index (χ0v) is 19.1. The molecule has 0 bridgehead atoms. The molecule has 0 aliphatic carbocycles. The van der Waals surface area contributed by atoms with Crippen molar-refractivity contribution in [3.63, 3.8) is 0 Å². The lowest BCUT2D eigenvalue weighted by Gasteiger charge is -2.14. The number of anilines is 2. The highest BCUT2D eigenvalue weighted by atomic mass is 32.2. The number of carbonyl (C=O) groups excluding carboxylic acids is 1. The first-order valence-corrected chi connectivity index (χ1v) is 10.9. The number of methoxy groups -OCH3 is 3. The van der Waals surface area contributed by atoms with Crippen molar-refractivity contribution < 1.29 is 19.0 Å². The highest BCUT2D eigenvalue weighted by molar-refractivity contribution is 7.98. The van der Waals surface area contributed by atoms with Crippen molar-refractivity contribution in [2.75, 3.05) is 32.4 Å². The molecule has 3 rings (SSSR count). The first-order chi connectivity index (χ1) is 15.5. The van der Waals surface area contributed by atoms with Gasteiger partial charge >= 0.3 is 0 Å². The summed E-state index contributed by atoms with van der Waals surface area (Å²) in [6, 6.07) is 19.1. The number of rotatable bonds is 9. The zero-order valence-electron chi connectivity index (χ0n) is 18.3. The third-order valence-electron chi connectivity index (χ3n) is 4.67. The standard InChI is InChI=1S/C25H26N2O4S/c1-29-22-14-19(15-23(30-2)25(22)31-3)32-16-18-10-8-17(9-11-18)12-13-24(28)27-21-7-5-4-6-20(21)26/h4-15H,16,26H2,1-3H3,(H,27,28). The number of ether oxygens (including phenoxy) is 3. The molecule has 1 amide bonds. The van der Waals surface area contributed by atoms with E-state index in [-0.39, 0.29) is 5.91 Å². The van der Waals surface area contributed by atoms with Gasteiger partial charge in [0.2, 0.25) is 11.7 Å². The second kappa shape index (κ2) is 11.2. The summed E-state index contributed by atoms with van der Waals surface area (Å²) in [4.78, 5) is 13.1. The van der Waals surface area contributed by atoms with Gasteiger partial charge in [0.1, 0.15) is 0 Å². The van der Waals surface area contributed by atoms with Crippen LogP contribution in [0.5, 0.6) is 17.2 Å². The smallest absolute Gasteiger partial charge is 0.248 e. The molecule has 0 saturated carbocycles. The summed E-state index contributed by atoms with van der Waals surface area (Å²) in [7, 11) is 4.80. The van der Waals surface area contributed by atoms with E-state index in [1.54, 1.807) is 51.3 Å². The monoisotopic (exact) mass is 450 g/mol. The van der Waals surface area contributed by atoms with Crippen molar-refractivity contribution in [3.8, 4) is 17.2 Å². The number of thioether (sulfide) groups is 1. The Kier molecular flexibility index (Phi) is 8.05. The topological polar surface area (TPSA) is 82.8 Å². The van der Waals surface area contributed by atoms with Gasteiger partial charge in [-0.3, -0.25) is 4.79 Å². The predicted molar refractivity (Wildman–Crippen MR) is 131 cm³/mol. The molecule has 3 aromatic rings. The van der Waals surface area contributed by atoms with Crippen LogP contribution in [0.1, 0.15) is 11.1 Å². The molecule has 0 radical (unpaired) electrons. The van der Waals surface area contributed by atoms with Crippen LogP contribution >= 0.6 is 11.8 Å². The van der Waals surface area contributed by atoms with Crippen LogP contribution in [0.25, 0.3) is 6.08 Å². The van der Waals surface area contributed by atoms with Gasteiger partial charge in [0.25, 0.3) is 0 Å². The summed E-state index contributed by atoms with van der Waals surface area (Å²) >= 11 is 1.67. The molecule has 0 aliphatic rings. The van der Waals surface area contributed by atoms with Crippen LogP contribution in [0.2, 0.25) is 0 Å². The van der Waals surface area contributed by atoms with Crippen molar-refractivity contribution in [2.24, 2.45) is 0 Å². The number of carbonyl (C=O) groups is 1. The van der Waals surface area contributed by atoms with E-state index in [0.29, 0.717) is 28.6 Å². The van der Waals surface area contributed by atoms with Crippen LogP contribution in [-0.2, 0) is 10.5 Å². The molecule has 3 N–H and O–H groups in total. The van der Waals surface area contributed by atoms with E-state index in [2.05, 4.69) is 5.32 Å². The summed E-state index contributed by atoms with van der Waals surface area (Å²) in [6.07, 6.45) is 3.26. The van der Waals surface area contributed by atoms with E-state index in [4.69, 9.17) is 19.9 Å². The molecule has 166 valence electrons. The highest BCUT2D eigenvalue weighted by Crippen LogP contribution is 2.41. The lowest BCUT2D eigenvalue weighted by molar-refractivity contribution is -0.111. The molecule has 0 aromatic heterocycles. The Morgan fingerprint density at radius 3 is 2.22 bits per heavy atom. The van der Waals surface area contributed by atoms with E-state index < -0.39 is 0 Å². The number of amides is 1. The average molecular weight is 451 g/mol. The first-order valence-electron chi connectivity index (χ1n) is 9.89. The molecule has 0 saturated heterocycles. The molecule has 0 aliphatic heterocycles. The second-order valence-corrected chi connectivity index (χ2v) is 7.85. The van der Waals surface area contributed by atoms with Crippen molar-refractivity contribution in [2.45, 2.75) is 10.6 Å². The van der Waals surface area contributed by atoms with Crippen LogP contribution in [0.15, 0.2) is 71.6 Å². The number of para-hydroxylation sites is 2. The Morgan fingerprint density at radius 1 is 0.969 bits per heavy atom. The minimum absolute atomic E-state index is 0.232. The van der Waals surface area contributed by atoms with Crippen LogP contribution in [0.3, 0.4) is 0 Å². The molecule has 0 spiro atoms. The summed E-state index contributed by atoms with van der Waals surface area (Å²) < 4.78 is 16.2. The van der Waals surface area contributed by atoms with Gasteiger partial charge in [0.05, 0.1) is 32.7 Å². The van der Waals surface area contributed by atoms with Crippen molar-refractivity contribution >= 4 is 35.1 Å². The second-order valence-electron chi connectivity index (χ2n) is 6.80. The third-order valence-corrected chi connectivity index (χ3v) is 5.72. The first kappa shape index (κ1) is 23.1. The van der Waals surface area contributed by atoms with E-state index in [1.165, 1.54) is 6.08 Å². The number of nitrogen functional groups attached to an aromatic ring is 1. The van der Waals surface area contributed by atoms with Gasteiger partial charge < -0.3 is 25.3 Å². The molecule has 6 nitrogen and oxygen atoms in total. The predicted octanol–water partition coefficient (Wildman–Crippen LogP) is 5.24. The Labute approximate surface area is 192 Å². The van der Waals surface area contributed by atoms with Crippen molar-refractivity contribution in [3.05, 3.63) is 77.9 Å². The number of benzene rings is 3. The molecule has 0 fully saturated rings. The van der Waals surface area contributed by atoms with E-state index in [0.717, 1.165) is 21.8 Å². The fourth-order valence-electron chi connectivity index (χ4n) is 2.99. The van der Waals surface area contributed by atoms with Gasteiger partial charge in [0.15, 0.2) is 11.5 Å². The molecule has 0 unspecified atom stereocenters. The van der Waals surface area contributed by atoms with E-state index >= 15 is 0 Å². The van der Waals surface area contributed by atoms with Crippen LogP contribution in [-0.4, -0.2) is 27.2 Å². The van der Waals surface area contributed by atoms with Gasteiger partial charge in [0, 0.05) is 16.7 Å². The van der Waals surface area contributed by atoms with E-state index in [9.17, 15) is 4.79 Å². The minimum atomic E-state index is -0.232. The molecule has 3 aromatic carbocycles. The molecule has 32 heavy (non-hydrogen) atoms. The maximum Gasteiger partial charge on any atom is 0.248 e. The van der Waals surface area contributed by atoms with Gasteiger partial charge in [-0.2, -0.15) is 0 Å². The quantitative estimate of drug-likeness (QED) is 0.264. The zero-order chi connectivity index (χ0) is 22.9. The molecular weight excluding hydrogens is 424 g/mol. The lowest BCUT2D eigenvalue weighted by atomic mass is 10.1. The number of hydrogen-bond acceptors (Lipinski definition) is 6. The third kappa shape index (κ3) is 5.98. The largest absolute Gasteiger partial charge is 0.493 e. The van der Waals surface area contributed by atoms with Gasteiger partial charge in [-0.1, -0.05) is 36.4 Å². The van der Waals surface area contributed by atoms with Crippen LogP contribution < -0.4 is 25.3 Å². The van der Waals surface area contributed by atoms with Crippen LogP contribution in [0.4, 0.5) is 11.4 Å². The maximum atomic E-state index is 12.1. The Bertz CT molecular complexity index is 1070. The maximum absolute atomic E-state index is 12.1. The Hall–Kier alpha value is -3.58. The number of nitrogens with one attached hydrogen (secondary N) is 1. The average Bonchev–Trinajstić information content (AvgIpc) is 2.82. The summed E-state index contributed by atoms with van der Waals surface area (Å²) in [5.74, 6) is 2.38. The fraction of sp³-hybridized carbons (Fsp3) is 0.160. The van der Waals surface area contributed by atoms with Gasteiger partial charge in [-0.25, -0.2) is 0 Å². The Morgan fingerprint density at radius 2 is 1.62 bits per heavy atom. The number of hydrogen-bond donors (Lipinski definition) is 2. The summed E-state index contributed by atoms with van der Waals surface area (Å²) in [5, 5.41) is 2.77. The van der Waals surface area contributed by atoms with Crippen LogP contribution in [0, 0.1) is 0 Å². The molecule has 7 heteroatoms. The normalized spacial score (nSPS) is 10.7. The molecular formula is C25H26N2O4S. The Balaban J connectivity index is 1.60. The van der Waals surface area contributed by atoms with E-state index in [1.807, 2.05) is 48.5 Å². The fourth-order valence-corrected chi connectivity index (χ4v) is 3.90. The van der Waals surface area contributed by atoms with Crippen molar-refractivity contribution in [1.82, 2.24) is 0 Å². The van der Waals surface area contributed by atoms with Gasteiger partial charge in [-0.15, -0.1) is 11.8 Å².